The lowest BCUT2D eigenvalue weighted by Gasteiger charge is -2.06. The summed E-state index contributed by atoms with van der Waals surface area (Å²) in [5.74, 6) is -0.965. The van der Waals surface area contributed by atoms with Gasteiger partial charge < -0.3 is 5.11 Å². The third-order valence-electron chi connectivity index (χ3n) is 2.22. The molecule has 1 rings (SSSR count). The minimum atomic E-state index is -3.29. The Bertz CT molecular complexity index is 503. The van der Waals surface area contributed by atoms with Gasteiger partial charge in [-0.25, -0.2) is 8.42 Å². The Kier molecular flexibility index (Phi) is 3.70. The number of carbonyl (C=O) groups is 1. The van der Waals surface area contributed by atoms with Crippen molar-refractivity contribution in [3.8, 4) is 0 Å². The molecule has 0 aliphatic carbocycles. The number of sulfone groups is 1. The van der Waals surface area contributed by atoms with Gasteiger partial charge in [0.15, 0.2) is 9.84 Å². The number of hydrogen-bond donors (Lipinski definition) is 1. The summed E-state index contributed by atoms with van der Waals surface area (Å²) >= 11 is 0. The number of carboxylic acids is 1. The second-order valence-corrected chi connectivity index (χ2v) is 5.70. The van der Waals surface area contributed by atoms with Crippen LogP contribution < -0.4 is 0 Å². The van der Waals surface area contributed by atoms with Gasteiger partial charge in [-0.05, 0) is 29.7 Å². The van der Waals surface area contributed by atoms with Crippen molar-refractivity contribution in [3.63, 3.8) is 0 Å². The summed E-state index contributed by atoms with van der Waals surface area (Å²) in [5, 5.41) is 8.67. The molecular formula is C11H14O4S. The van der Waals surface area contributed by atoms with E-state index in [0.29, 0.717) is 12.0 Å². The van der Waals surface area contributed by atoms with Crippen molar-refractivity contribution in [2.45, 2.75) is 24.7 Å². The van der Waals surface area contributed by atoms with Gasteiger partial charge in [0.1, 0.15) is 0 Å². The second kappa shape index (κ2) is 4.65. The van der Waals surface area contributed by atoms with Crippen LogP contribution in [0.2, 0.25) is 0 Å². The van der Waals surface area contributed by atoms with Gasteiger partial charge >= 0.3 is 5.97 Å². The SMILES string of the molecule is CCc1cc(CC(=O)O)cc(S(C)(=O)=O)c1. The molecule has 0 bridgehead atoms. The summed E-state index contributed by atoms with van der Waals surface area (Å²) in [6, 6.07) is 4.73. The lowest BCUT2D eigenvalue weighted by atomic mass is 10.1. The van der Waals surface area contributed by atoms with Gasteiger partial charge in [-0.3, -0.25) is 4.79 Å². The molecule has 0 spiro atoms. The van der Waals surface area contributed by atoms with Crippen molar-refractivity contribution in [1.29, 1.82) is 0 Å². The van der Waals surface area contributed by atoms with Crippen molar-refractivity contribution in [2.24, 2.45) is 0 Å². The van der Waals surface area contributed by atoms with Gasteiger partial charge in [-0.2, -0.15) is 0 Å². The molecule has 0 atom stereocenters. The fourth-order valence-electron chi connectivity index (χ4n) is 1.42. The summed E-state index contributed by atoms with van der Waals surface area (Å²) < 4.78 is 22.8. The van der Waals surface area contributed by atoms with Crippen LogP contribution in [0.15, 0.2) is 23.1 Å². The van der Waals surface area contributed by atoms with Crippen LogP contribution in [0.25, 0.3) is 0 Å². The molecule has 88 valence electrons. The quantitative estimate of drug-likeness (QED) is 0.863. The van der Waals surface area contributed by atoms with Gasteiger partial charge in [0.05, 0.1) is 11.3 Å². The van der Waals surface area contributed by atoms with Crippen LogP contribution in [-0.2, 0) is 27.5 Å². The van der Waals surface area contributed by atoms with E-state index >= 15 is 0 Å². The van der Waals surface area contributed by atoms with Gasteiger partial charge in [-0.1, -0.05) is 13.0 Å². The average Bonchev–Trinajstić information content (AvgIpc) is 2.14. The third kappa shape index (κ3) is 3.34. The molecule has 16 heavy (non-hydrogen) atoms. The maximum Gasteiger partial charge on any atom is 0.307 e. The Morgan fingerprint density at radius 2 is 1.81 bits per heavy atom. The zero-order valence-electron chi connectivity index (χ0n) is 9.23. The molecule has 0 fully saturated rings. The van der Waals surface area contributed by atoms with E-state index in [4.69, 9.17) is 5.11 Å². The highest BCUT2D eigenvalue weighted by Crippen LogP contribution is 2.16. The van der Waals surface area contributed by atoms with Crippen molar-refractivity contribution in [3.05, 3.63) is 29.3 Å². The van der Waals surface area contributed by atoms with E-state index in [9.17, 15) is 13.2 Å². The first kappa shape index (κ1) is 12.7. The second-order valence-electron chi connectivity index (χ2n) is 3.68. The molecule has 0 radical (unpaired) electrons. The largest absolute Gasteiger partial charge is 0.481 e. The minimum Gasteiger partial charge on any atom is -0.481 e. The van der Waals surface area contributed by atoms with Gasteiger partial charge in [-0.15, -0.1) is 0 Å². The van der Waals surface area contributed by atoms with E-state index in [2.05, 4.69) is 0 Å². The van der Waals surface area contributed by atoms with E-state index in [1.807, 2.05) is 6.92 Å². The minimum absolute atomic E-state index is 0.156. The third-order valence-corrected chi connectivity index (χ3v) is 3.31. The van der Waals surface area contributed by atoms with Gasteiger partial charge in [0.25, 0.3) is 0 Å². The van der Waals surface area contributed by atoms with Gasteiger partial charge in [0, 0.05) is 6.26 Å². The monoisotopic (exact) mass is 242 g/mol. The number of hydrogen-bond acceptors (Lipinski definition) is 3. The maximum atomic E-state index is 11.4. The van der Waals surface area contributed by atoms with Crippen molar-refractivity contribution < 1.29 is 18.3 Å². The van der Waals surface area contributed by atoms with Crippen LogP contribution in [0.3, 0.4) is 0 Å². The molecule has 1 aromatic carbocycles. The molecule has 1 N–H and O–H groups in total. The summed E-state index contributed by atoms with van der Waals surface area (Å²) in [5.41, 5.74) is 1.35. The fraction of sp³-hybridized carbons (Fsp3) is 0.364. The molecule has 0 unspecified atom stereocenters. The Labute approximate surface area is 94.8 Å². The summed E-state index contributed by atoms with van der Waals surface area (Å²) in [6.45, 7) is 1.89. The molecule has 4 nitrogen and oxygen atoms in total. The number of aryl methyl sites for hydroxylation is 1. The predicted molar refractivity (Wildman–Crippen MR) is 60.3 cm³/mol. The Morgan fingerprint density at radius 1 is 1.25 bits per heavy atom. The zero-order valence-corrected chi connectivity index (χ0v) is 10.0. The summed E-state index contributed by atoms with van der Waals surface area (Å²) in [6.07, 6.45) is 1.64. The van der Waals surface area contributed by atoms with Crippen LogP contribution in [0.1, 0.15) is 18.1 Å². The molecular weight excluding hydrogens is 228 g/mol. The average molecular weight is 242 g/mol. The maximum absolute atomic E-state index is 11.4. The molecule has 0 aliphatic heterocycles. The molecule has 0 heterocycles. The normalized spacial score (nSPS) is 11.4. The highest BCUT2D eigenvalue weighted by molar-refractivity contribution is 7.90. The first-order chi connectivity index (χ1) is 7.32. The lowest BCUT2D eigenvalue weighted by Crippen LogP contribution is -2.04. The van der Waals surface area contributed by atoms with Crippen LogP contribution in [0, 0.1) is 0 Å². The number of benzene rings is 1. The van der Waals surface area contributed by atoms with Crippen LogP contribution in [0.4, 0.5) is 0 Å². The van der Waals surface area contributed by atoms with Crippen LogP contribution >= 0.6 is 0 Å². The van der Waals surface area contributed by atoms with Crippen molar-refractivity contribution in [2.75, 3.05) is 6.26 Å². The first-order valence-electron chi connectivity index (χ1n) is 4.87. The first-order valence-corrected chi connectivity index (χ1v) is 6.76. The zero-order chi connectivity index (χ0) is 12.3. The molecule has 0 aromatic heterocycles. The van der Waals surface area contributed by atoms with Crippen LogP contribution in [-0.4, -0.2) is 25.7 Å². The van der Waals surface area contributed by atoms with Crippen LogP contribution in [0.5, 0.6) is 0 Å². The summed E-state index contributed by atoms with van der Waals surface area (Å²) in [7, 11) is -3.29. The Morgan fingerprint density at radius 3 is 2.25 bits per heavy atom. The standard InChI is InChI=1S/C11H14O4S/c1-3-8-4-9(7-11(12)13)6-10(5-8)16(2,14)15/h4-6H,3,7H2,1-2H3,(H,12,13). The lowest BCUT2D eigenvalue weighted by molar-refractivity contribution is -0.136. The summed E-state index contributed by atoms with van der Waals surface area (Å²) in [4.78, 5) is 10.8. The Balaban J connectivity index is 3.26. The molecule has 1 aromatic rings. The molecule has 0 saturated heterocycles. The number of rotatable bonds is 4. The smallest absolute Gasteiger partial charge is 0.307 e. The van der Waals surface area contributed by atoms with E-state index < -0.39 is 15.8 Å². The molecule has 0 amide bonds. The Hall–Kier alpha value is -1.36. The molecule has 0 saturated carbocycles. The van der Waals surface area contributed by atoms with E-state index in [0.717, 1.165) is 11.8 Å². The van der Waals surface area contributed by atoms with E-state index in [1.165, 1.54) is 6.07 Å². The molecule has 5 heteroatoms. The van der Waals surface area contributed by atoms with Crippen molar-refractivity contribution in [1.82, 2.24) is 0 Å². The highest BCUT2D eigenvalue weighted by Gasteiger charge is 2.11. The topological polar surface area (TPSA) is 71.4 Å². The van der Waals surface area contributed by atoms with E-state index in [1.54, 1.807) is 12.1 Å². The van der Waals surface area contributed by atoms with E-state index in [-0.39, 0.29) is 11.3 Å². The fourth-order valence-corrected chi connectivity index (χ4v) is 2.15. The van der Waals surface area contributed by atoms with Crippen molar-refractivity contribution >= 4 is 15.8 Å². The molecule has 0 aliphatic rings. The highest BCUT2D eigenvalue weighted by atomic mass is 32.2. The number of carboxylic acid groups (broad SMARTS) is 1. The van der Waals surface area contributed by atoms with Gasteiger partial charge in [0.2, 0.25) is 0 Å². The predicted octanol–water partition coefficient (Wildman–Crippen LogP) is 1.28. The number of aliphatic carboxylic acids is 1.